The molecule has 0 atom stereocenters. The van der Waals surface area contributed by atoms with Gasteiger partial charge in [0.25, 0.3) is 0 Å². The van der Waals surface area contributed by atoms with Gasteiger partial charge in [-0.25, -0.2) is 0 Å². The highest BCUT2D eigenvalue weighted by Gasteiger charge is 2.32. The van der Waals surface area contributed by atoms with Crippen molar-refractivity contribution in [2.45, 2.75) is 65.0 Å². The molecule has 0 bridgehead atoms. The molecule has 0 spiro atoms. The van der Waals surface area contributed by atoms with Crippen LogP contribution in [0, 0.1) is 0 Å². The fraction of sp³-hybridized carbons (Fsp3) is 0.600. The van der Waals surface area contributed by atoms with E-state index in [1.165, 1.54) is 0 Å². The van der Waals surface area contributed by atoms with Crippen molar-refractivity contribution in [2.24, 2.45) is 0 Å². The Bertz CT molecular complexity index is 449. The lowest BCUT2D eigenvalue weighted by atomic mass is 10.3. The molecule has 0 aromatic rings. The maximum Gasteiger partial charge on any atom is 0.173 e. The molecule has 0 aliphatic carbocycles. The summed E-state index contributed by atoms with van der Waals surface area (Å²) in [6.07, 6.45) is 2.00. The molecule has 0 aromatic heterocycles. The van der Waals surface area contributed by atoms with Crippen LogP contribution in [0.1, 0.15) is 26.7 Å². The predicted octanol–water partition coefficient (Wildman–Crippen LogP) is 6.41. The molecular weight excluding hydrogens is 344 g/mol. The molecule has 5 heteroatoms. The topological polar surface area (TPSA) is 27.7 Å². The van der Waals surface area contributed by atoms with Gasteiger partial charge in [0.05, 0.1) is 13.2 Å². The van der Waals surface area contributed by atoms with E-state index in [-0.39, 0.29) is 0 Å². The zero-order valence-electron chi connectivity index (χ0n) is 17.3. The van der Waals surface area contributed by atoms with E-state index in [0.29, 0.717) is 24.7 Å². The molecule has 0 aliphatic heterocycles. The minimum atomic E-state index is -1.68. The van der Waals surface area contributed by atoms with Gasteiger partial charge in [-0.05, 0) is 76.1 Å². The maximum absolute atomic E-state index is 6.62. The summed E-state index contributed by atoms with van der Waals surface area (Å²) < 4.78 is 17.8. The van der Waals surface area contributed by atoms with Crippen molar-refractivity contribution < 1.29 is 13.6 Å². The SMILES string of the molecule is C=C(C)C(=C)OCCC[Si](C)(C)O[Si](C)(C)CCCOC(=C)C(=C)C. The summed E-state index contributed by atoms with van der Waals surface area (Å²) in [7, 11) is -3.36. The van der Waals surface area contributed by atoms with Crippen LogP contribution in [0.4, 0.5) is 0 Å². The first-order valence-corrected chi connectivity index (χ1v) is 15.2. The van der Waals surface area contributed by atoms with Crippen LogP contribution in [0.15, 0.2) is 49.0 Å². The van der Waals surface area contributed by atoms with Gasteiger partial charge in [0.1, 0.15) is 11.5 Å². The molecule has 144 valence electrons. The van der Waals surface area contributed by atoms with Crippen LogP contribution in [-0.2, 0) is 13.6 Å². The second-order valence-corrected chi connectivity index (χ2v) is 16.8. The minimum absolute atomic E-state index is 0.685. The smallest absolute Gasteiger partial charge is 0.173 e. The Kier molecular flexibility index (Phi) is 10.4. The summed E-state index contributed by atoms with van der Waals surface area (Å²) in [4.78, 5) is 0. The number of allylic oxidation sites excluding steroid dienone is 2. The third kappa shape index (κ3) is 12.0. The van der Waals surface area contributed by atoms with Crippen LogP contribution in [0.2, 0.25) is 38.3 Å². The molecule has 0 unspecified atom stereocenters. The van der Waals surface area contributed by atoms with Gasteiger partial charge < -0.3 is 13.6 Å². The molecule has 0 heterocycles. The van der Waals surface area contributed by atoms with Crippen LogP contribution in [0.3, 0.4) is 0 Å². The van der Waals surface area contributed by atoms with E-state index in [2.05, 4.69) is 52.5 Å². The maximum atomic E-state index is 6.62. The van der Waals surface area contributed by atoms with Gasteiger partial charge >= 0.3 is 0 Å². The second kappa shape index (κ2) is 10.8. The summed E-state index contributed by atoms with van der Waals surface area (Å²) in [5.41, 5.74) is 1.77. The first kappa shape index (κ1) is 24.0. The molecule has 0 aliphatic rings. The molecule has 3 nitrogen and oxygen atoms in total. The van der Waals surface area contributed by atoms with Crippen LogP contribution >= 0.6 is 0 Å². The Balaban J connectivity index is 4.14. The summed E-state index contributed by atoms with van der Waals surface area (Å²) in [6, 6.07) is 2.19. The van der Waals surface area contributed by atoms with Crippen LogP contribution in [0.25, 0.3) is 0 Å². The number of hydrogen-bond acceptors (Lipinski definition) is 3. The first-order valence-electron chi connectivity index (χ1n) is 9.02. The Morgan fingerprint density at radius 1 is 0.680 bits per heavy atom. The summed E-state index contributed by atoms with van der Waals surface area (Å²) in [5.74, 6) is 1.37. The van der Waals surface area contributed by atoms with Gasteiger partial charge in [-0.1, -0.05) is 26.3 Å². The fourth-order valence-corrected chi connectivity index (χ4v) is 11.3. The highest BCUT2D eigenvalue weighted by atomic mass is 28.4. The van der Waals surface area contributed by atoms with E-state index in [4.69, 9.17) is 13.6 Å². The molecule has 0 aromatic carbocycles. The van der Waals surface area contributed by atoms with Crippen LogP contribution < -0.4 is 0 Å². The van der Waals surface area contributed by atoms with E-state index in [1.807, 2.05) is 13.8 Å². The average Bonchev–Trinajstić information content (AvgIpc) is 2.46. The van der Waals surface area contributed by atoms with Crippen molar-refractivity contribution >= 4 is 16.6 Å². The third-order valence-electron chi connectivity index (χ3n) is 3.90. The molecule has 0 N–H and O–H groups in total. The molecule has 0 radical (unpaired) electrons. The first-order chi connectivity index (χ1) is 11.4. The lowest BCUT2D eigenvalue weighted by Crippen LogP contribution is -2.44. The van der Waals surface area contributed by atoms with E-state index >= 15 is 0 Å². The monoisotopic (exact) mass is 382 g/mol. The standard InChI is InChI=1S/C20H38O3Si2/c1-17(2)19(5)21-13-11-15-24(7,8)23-25(9,10)16-12-14-22-20(6)18(3)4/h1,3,5-6,11-16H2,2,4,7-10H3. The highest BCUT2D eigenvalue weighted by molar-refractivity contribution is 6.84. The predicted molar refractivity (Wildman–Crippen MR) is 115 cm³/mol. The van der Waals surface area contributed by atoms with Gasteiger partial charge in [-0.3, -0.25) is 0 Å². The molecule has 0 rings (SSSR count). The Labute approximate surface area is 157 Å². The fourth-order valence-electron chi connectivity index (χ4n) is 2.48. The number of ether oxygens (including phenoxy) is 2. The lowest BCUT2D eigenvalue weighted by Gasteiger charge is -2.34. The molecule has 0 fully saturated rings. The van der Waals surface area contributed by atoms with Gasteiger partial charge in [0.15, 0.2) is 16.6 Å². The van der Waals surface area contributed by atoms with Crippen molar-refractivity contribution in [1.29, 1.82) is 0 Å². The molecule has 0 amide bonds. The summed E-state index contributed by atoms with van der Waals surface area (Å²) in [5, 5.41) is 0. The van der Waals surface area contributed by atoms with Gasteiger partial charge in [-0.2, -0.15) is 0 Å². The highest BCUT2D eigenvalue weighted by Crippen LogP contribution is 2.24. The van der Waals surface area contributed by atoms with E-state index in [1.54, 1.807) is 0 Å². The van der Waals surface area contributed by atoms with Crippen molar-refractivity contribution in [3.05, 3.63) is 49.0 Å². The molecule has 25 heavy (non-hydrogen) atoms. The average molecular weight is 383 g/mol. The largest absolute Gasteiger partial charge is 0.494 e. The molecular formula is C20H38O3Si2. The second-order valence-electron chi connectivity index (χ2n) is 7.93. The van der Waals surface area contributed by atoms with E-state index in [0.717, 1.165) is 36.1 Å². The van der Waals surface area contributed by atoms with Gasteiger partial charge in [0.2, 0.25) is 0 Å². The van der Waals surface area contributed by atoms with Crippen LogP contribution in [-0.4, -0.2) is 29.8 Å². The van der Waals surface area contributed by atoms with E-state index < -0.39 is 16.6 Å². The lowest BCUT2D eigenvalue weighted by molar-refractivity contribution is 0.220. The molecule has 0 saturated carbocycles. The quantitative estimate of drug-likeness (QED) is 0.150. The van der Waals surface area contributed by atoms with Crippen molar-refractivity contribution in [3.63, 3.8) is 0 Å². The van der Waals surface area contributed by atoms with Gasteiger partial charge in [0, 0.05) is 0 Å². The summed E-state index contributed by atoms with van der Waals surface area (Å²) >= 11 is 0. The third-order valence-corrected chi connectivity index (χ3v) is 11.4. The normalized spacial score (nSPS) is 11.8. The van der Waals surface area contributed by atoms with Crippen molar-refractivity contribution in [1.82, 2.24) is 0 Å². The summed E-state index contributed by atoms with van der Waals surface area (Å²) in [6.45, 7) is 29.8. The molecule has 0 saturated heterocycles. The Morgan fingerprint density at radius 2 is 1.00 bits per heavy atom. The number of hydrogen-bond donors (Lipinski definition) is 0. The Morgan fingerprint density at radius 3 is 1.28 bits per heavy atom. The van der Waals surface area contributed by atoms with Crippen LogP contribution in [0.5, 0.6) is 0 Å². The van der Waals surface area contributed by atoms with E-state index in [9.17, 15) is 0 Å². The van der Waals surface area contributed by atoms with Crippen molar-refractivity contribution in [3.8, 4) is 0 Å². The van der Waals surface area contributed by atoms with Crippen molar-refractivity contribution in [2.75, 3.05) is 13.2 Å². The zero-order valence-corrected chi connectivity index (χ0v) is 19.3. The minimum Gasteiger partial charge on any atom is -0.494 e. The number of rotatable bonds is 14. The Hall–Kier alpha value is -1.05. The zero-order chi connectivity index (χ0) is 19.7. The van der Waals surface area contributed by atoms with Gasteiger partial charge in [-0.15, -0.1) is 0 Å².